The van der Waals surface area contributed by atoms with Crippen molar-refractivity contribution in [3.63, 3.8) is 0 Å². The zero-order chi connectivity index (χ0) is 11.3. The van der Waals surface area contributed by atoms with Crippen LogP contribution < -0.4 is 10.6 Å². The maximum atomic E-state index is 12.2. The number of benzene rings is 1. The van der Waals surface area contributed by atoms with E-state index >= 15 is 0 Å². The van der Waals surface area contributed by atoms with Gasteiger partial charge in [0.2, 0.25) is 5.91 Å². The van der Waals surface area contributed by atoms with Crippen LogP contribution in [0.15, 0.2) is 18.2 Å². The van der Waals surface area contributed by atoms with Gasteiger partial charge >= 0.3 is 0 Å². The van der Waals surface area contributed by atoms with E-state index in [2.05, 4.69) is 25.1 Å². The van der Waals surface area contributed by atoms with Crippen molar-refractivity contribution in [2.45, 2.75) is 38.3 Å². The van der Waals surface area contributed by atoms with Gasteiger partial charge in [-0.25, -0.2) is 0 Å². The molecular formula is C13H16N2O. The fourth-order valence-corrected chi connectivity index (χ4v) is 2.89. The summed E-state index contributed by atoms with van der Waals surface area (Å²) in [5, 5.41) is 0. The van der Waals surface area contributed by atoms with Gasteiger partial charge in [0.15, 0.2) is 0 Å². The van der Waals surface area contributed by atoms with E-state index in [1.807, 2.05) is 4.90 Å². The molecular weight excluding hydrogens is 200 g/mol. The molecule has 1 amide bonds. The fourth-order valence-electron chi connectivity index (χ4n) is 2.89. The Bertz CT molecular complexity index is 455. The molecule has 0 saturated carbocycles. The Balaban J connectivity index is 2.19. The predicted octanol–water partition coefficient (Wildman–Crippen LogP) is 1.24. The number of aryl methyl sites for hydroxylation is 1. The number of carbonyl (C=O) groups is 1. The average Bonchev–Trinajstić information content (AvgIpc) is 2.54. The standard InChI is InChI=1S/C13H16N2O/c1-8-7-10-4-2-3-9-5-6-11(14)13(16)15(8)12(9)10/h2-4,8,11H,5-7,14H2,1H3. The first kappa shape index (κ1) is 9.85. The highest BCUT2D eigenvalue weighted by Crippen LogP contribution is 2.38. The minimum atomic E-state index is -0.333. The van der Waals surface area contributed by atoms with Crippen LogP contribution in [0.1, 0.15) is 24.5 Å². The molecule has 0 aromatic heterocycles. The van der Waals surface area contributed by atoms with E-state index < -0.39 is 0 Å². The number of anilines is 1. The molecule has 16 heavy (non-hydrogen) atoms. The van der Waals surface area contributed by atoms with Crippen LogP contribution in [0.3, 0.4) is 0 Å². The molecule has 0 saturated heterocycles. The predicted molar refractivity (Wildman–Crippen MR) is 63.4 cm³/mol. The van der Waals surface area contributed by atoms with Crippen LogP contribution in [-0.2, 0) is 17.6 Å². The molecule has 3 rings (SSSR count). The number of hydrogen-bond donors (Lipinski definition) is 1. The molecule has 2 aliphatic rings. The van der Waals surface area contributed by atoms with Crippen LogP contribution in [0.5, 0.6) is 0 Å². The Morgan fingerprint density at radius 1 is 1.38 bits per heavy atom. The summed E-state index contributed by atoms with van der Waals surface area (Å²) < 4.78 is 0. The summed E-state index contributed by atoms with van der Waals surface area (Å²) in [6.07, 6.45) is 2.64. The van der Waals surface area contributed by atoms with Crippen molar-refractivity contribution in [2.24, 2.45) is 5.73 Å². The summed E-state index contributed by atoms with van der Waals surface area (Å²) >= 11 is 0. The van der Waals surface area contributed by atoms with Gasteiger partial charge in [-0.15, -0.1) is 0 Å². The summed E-state index contributed by atoms with van der Waals surface area (Å²) in [5.74, 6) is 0.0937. The first-order chi connectivity index (χ1) is 7.68. The lowest BCUT2D eigenvalue weighted by Crippen LogP contribution is -2.45. The first-order valence-corrected chi connectivity index (χ1v) is 5.88. The number of nitrogens with two attached hydrogens (primary N) is 1. The van der Waals surface area contributed by atoms with E-state index in [0.29, 0.717) is 0 Å². The molecule has 84 valence electrons. The maximum absolute atomic E-state index is 12.2. The molecule has 2 atom stereocenters. The van der Waals surface area contributed by atoms with Crippen LogP contribution in [0.4, 0.5) is 5.69 Å². The highest BCUT2D eigenvalue weighted by atomic mass is 16.2. The van der Waals surface area contributed by atoms with Crippen LogP contribution >= 0.6 is 0 Å². The third-order valence-corrected chi connectivity index (χ3v) is 3.68. The molecule has 2 aliphatic heterocycles. The summed E-state index contributed by atoms with van der Waals surface area (Å²) in [6, 6.07) is 6.26. The van der Waals surface area contributed by atoms with Crippen LogP contribution in [0.2, 0.25) is 0 Å². The number of amides is 1. The van der Waals surface area contributed by atoms with Crippen LogP contribution in [0.25, 0.3) is 0 Å². The topological polar surface area (TPSA) is 46.3 Å². The van der Waals surface area contributed by atoms with E-state index in [-0.39, 0.29) is 18.0 Å². The van der Waals surface area contributed by atoms with E-state index in [1.165, 1.54) is 11.1 Å². The van der Waals surface area contributed by atoms with Crippen molar-refractivity contribution >= 4 is 11.6 Å². The van der Waals surface area contributed by atoms with E-state index in [0.717, 1.165) is 24.9 Å². The lowest BCUT2D eigenvalue weighted by atomic mass is 10.0. The largest absolute Gasteiger partial charge is 0.320 e. The minimum absolute atomic E-state index is 0.0937. The SMILES string of the molecule is CC1Cc2cccc3c2N1C(=O)C(N)CC3. The van der Waals surface area contributed by atoms with Gasteiger partial charge in [0.1, 0.15) is 0 Å². The van der Waals surface area contributed by atoms with Gasteiger partial charge in [-0.1, -0.05) is 18.2 Å². The lowest BCUT2D eigenvalue weighted by molar-refractivity contribution is -0.120. The molecule has 3 heteroatoms. The van der Waals surface area contributed by atoms with Gasteiger partial charge < -0.3 is 10.6 Å². The summed E-state index contributed by atoms with van der Waals surface area (Å²) in [4.78, 5) is 14.1. The van der Waals surface area contributed by atoms with Gasteiger partial charge in [-0.2, -0.15) is 0 Å². The van der Waals surface area contributed by atoms with Crippen molar-refractivity contribution in [3.8, 4) is 0 Å². The normalized spacial score (nSPS) is 27.9. The number of rotatable bonds is 0. The maximum Gasteiger partial charge on any atom is 0.244 e. The Labute approximate surface area is 95.2 Å². The van der Waals surface area contributed by atoms with E-state index in [4.69, 9.17) is 5.73 Å². The minimum Gasteiger partial charge on any atom is -0.320 e. The van der Waals surface area contributed by atoms with Gasteiger partial charge in [-0.3, -0.25) is 4.79 Å². The molecule has 0 aliphatic carbocycles. The fraction of sp³-hybridized carbons (Fsp3) is 0.462. The lowest BCUT2D eigenvalue weighted by Gasteiger charge is -2.24. The molecule has 0 bridgehead atoms. The van der Waals surface area contributed by atoms with Crippen LogP contribution in [-0.4, -0.2) is 18.0 Å². The third kappa shape index (κ3) is 1.21. The van der Waals surface area contributed by atoms with Crippen molar-refractivity contribution in [1.29, 1.82) is 0 Å². The summed E-state index contributed by atoms with van der Waals surface area (Å²) in [7, 11) is 0. The van der Waals surface area contributed by atoms with E-state index in [1.54, 1.807) is 0 Å². The number of carbonyl (C=O) groups excluding carboxylic acids is 1. The Morgan fingerprint density at radius 2 is 2.12 bits per heavy atom. The smallest absolute Gasteiger partial charge is 0.244 e. The van der Waals surface area contributed by atoms with Crippen molar-refractivity contribution < 1.29 is 4.79 Å². The second-order valence-electron chi connectivity index (χ2n) is 4.83. The number of hydrogen-bond acceptors (Lipinski definition) is 2. The second kappa shape index (κ2) is 3.32. The highest BCUT2D eigenvalue weighted by molar-refractivity contribution is 6.01. The Kier molecular flexibility index (Phi) is 2.04. The zero-order valence-electron chi connectivity index (χ0n) is 9.44. The van der Waals surface area contributed by atoms with Crippen molar-refractivity contribution in [3.05, 3.63) is 29.3 Å². The second-order valence-corrected chi connectivity index (χ2v) is 4.83. The summed E-state index contributed by atoms with van der Waals surface area (Å²) in [6.45, 7) is 2.10. The van der Waals surface area contributed by atoms with Gasteiger partial charge in [0.25, 0.3) is 0 Å². The molecule has 1 aromatic carbocycles. The molecule has 0 radical (unpaired) electrons. The van der Waals surface area contributed by atoms with E-state index in [9.17, 15) is 4.79 Å². The molecule has 2 heterocycles. The van der Waals surface area contributed by atoms with Gasteiger partial charge in [-0.05, 0) is 37.3 Å². The summed E-state index contributed by atoms with van der Waals surface area (Å²) in [5.41, 5.74) is 9.64. The third-order valence-electron chi connectivity index (χ3n) is 3.68. The zero-order valence-corrected chi connectivity index (χ0v) is 9.44. The molecule has 2 unspecified atom stereocenters. The average molecular weight is 216 g/mol. The van der Waals surface area contributed by atoms with Crippen molar-refractivity contribution in [2.75, 3.05) is 4.90 Å². The van der Waals surface area contributed by atoms with Gasteiger partial charge in [0, 0.05) is 6.04 Å². The number of nitrogens with zero attached hydrogens (tertiary/aromatic N) is 1. The molecule has 0 spiro atoms. The molecule has 0 fully saturated rings. The monoisotopic (exact) mass is 216 g/mol. The van der Waals surface area contributed by atoms with Crippen LogP contribution in [0, 0.1) is 0 Å². The molecule has 3 nitrogen and oxygen atoms in total. The van der Waals surface area contributed by atoms with Gasteiger partial charge in [0.05, 0.1) is 11.7 Å². The Morgan fingerprint density at radius 3 is 2.94 bits per heavy atom. The Hall–Kier alpha value is -1.35. The quantitative estimate of drug-likeness (QED) is 0.709. The highest BCUT2D eigenvalue weighted by Gasteiger charge is 2.37. The molecule has 2 N–H and O–H groups in total. The first-order valence-electron chi connectivity index (χ1n) is 5.88. The van der Waals surface area contributed by atoms with Crippen molar-refractivity contribution in [1.82, 2.24) is 0 Å². The number of para-hydroxylation sites is 1. The molecule has 1 aromatic rings.